The lowest BCUT2D eigenvalue weighted by molar-refractivity contribution is -0.137. The van der Waals surface area contributed by atoms with Gasteiger partial charge in [-0.2, -0.15) is 18.3 Å². The lowest BCUT2D eigenvalue weighted by atomic mass is 10.1. The smallest absolute Gasteiger partial charge is 0.355 e. The summed E-state index contributed by atoms with van der Waals surface area (Å²) in [5.74, 6) is 0.261. The number of alkyl halides is 3. The lowest BCUT2D eigenvalue weighted by Crippen LogP contribution is -2.38. The third-order valence-electron chi connectivity index (χ3n) is 5.86. The summed E-state index contributed by atoms with van der Waals surface area (Å²) in [6.07, 6.45) is -0.470. The summed E-state index contributed by atoms with van der Waals surface area (Å²) in [4.78, 5) is 15.0. The number of carbonyl (C=O) groups excluding carboxylic acids is 1. The molecular formula is C23H31F3N4O. The summed E-state index contributed by atoms with van der Waals surface area (Å²) in [7, 11) is 0. The van der Waals surface area contributed by atoms with Gasteiger partial charge in [0.25, 0.3) is 0 Å². The second-order valence-corrected chi connectivity index (χ2v) is 8.56. The molecule has 1 unspecified atom stereocenters. The summed E-state index contributed by atoms with van der Waals surface area (Å²) in [6.45, 7) is 9.54. The first kappa shape index (κ1) is 23.3. The highest BCUT2D eigenvalue weighted by molar-refractivity contribution is 5.79. The Morgan fingerprint density at radius 3 is 2.58 bits per heavy atom. The van der Waals surface area contributed by atoms with E-state index in [1.165, 1.54) is 30.0 Å². The Morgan fingerprint density at radius 1 is 1.19 bits per heavy atom. The molecular weight excluding hydrogens is 405 g/mol. The van der Waals surface area contributed by atoms with Crippen molar-refractivity contribution in [2.75, 3.05) is 26.2 Å². The van der Waals surface area contributed by atoms with Gasteiger partial charge in [-0.15, -0.1) is 0 Å². The van der Waals surface area contributed by atoms with Crippen molar-refractivity contribution in [2.24, 2.45) is 5.92 Å². The molecule has 1 amide bonds. The van der Waals surface area contributed by atoms with Crippen molar-refractivity contribution < 1.29 is 18.0 Å². The quantitative estimate of drug-likeness (QED) is 0.705. The monoisotopic (exact) mass is 436 g/mol. The Balaban J connectivity index is 1.62. The van der Waals surface area contributed by atoms with Crippen LogP contribution in [0.2, 0.25) is 0 Å². The lowest BCUT2D eigenvalue weighted by Gasteiger charge is -2.29. The molecule has 1 aliphatic heterocycles. The van der Waals surface area contributed by atoms with Gasteiger partial charge in [-0.05, 0) is 63.9 Å². The van der Waals surface area contributed by atoms with Gasteiger partial charge in [0.2, 0.25) is 5.91 Å². The van der Waals surface area contributed by atoms with Crippen molar-refractivity contribution in [3.63, 3.8) is 0 Å². The molecule has 0 bridgehead atoms. The Hall–Kier alpha value is -2.35. The summed E-state index contributed by atoms with van der Waals surface area (Å²) < 4.78 is 40.6. The minimum absolute atomic E-state index is 0.0970. The van der Waals surface area contributed by atoms with Crippen LogP contribution in [-0.2, 0) is 17.4 Å². The van der Waals surface area contributed by atoms with E-state index in [2.05, 4.69) is 22.2 Å². The Morgan fingerprint density at radius 2 is 1.90 bits per heavy atom. The van der Waals surface area contributed by atoms with Gasteiger partial charge in [-0.3, -0.25) is 4.79 Å². The number of hydrogen-bond acceptors (Lipinski definition) is 3. The first-order chi connectivity index (χ1) is 14.6. The van der Waals surface area contributed by atoms with Gasteiger partial charge in [0.05, 0.1) is 23.4 Å². The zero-order valence-electron chi connectivity index (χ0n) is 18.4. The van der Waals surface area contributed by atoms with E-state index in [1.54, 1.807) is 19.9 Å². The maximum absolute atomic E-state index is 13.1. The van der Waals surface area contributed by atoms with Gasteiger partial charge in [-0.25, -0.2) is 4.68 Å². The standard InChI is InChI=1S/C23H31F3N4O/c1-16(15-29-10-5-4-6-11-29)14-27-22(31)13-21-17(2)28-30(18(21)3)20-9-7-8-19(12-20)23(24,25)26/h7-9,12,16H,4-6,10-11,13-15H2,1-3H3,(H,27,31). The van der Waals surface area contributed by atoms with E-state index < -0.39 is 11.7 Å². The number of nitrogens with one attached hydrogen (secondary N) is 1. The van der Waals surface area contributed by atoms with Crippen LogP contribution in [0.4, 0.5) is 13.2 Å². The summed E-state index contributed by atoms with van der Waals surface area (Å²) in [5.41, 5.74) is 1.68. The number of halogens is 3. The molecule has 1 N–H and O–H groups in total. The SMILES string of the molecule is Cc1nn(-c2cccc(C(F)(F)F)c2)c(C)c1CC(=O)NCC(C)CN1CCCCC1. The van der Waals surface area contributed by atoms with Crippen molar-refractivity contribution in [3.8, 4) is 5.69 Å². The highest BCUT2D eigenvalue weighted by Gasteiger charge is 2.31. The molecule has 2 aromatic rings. The third-order valence-corrected chi connectivity index (χ3v) is 5.86. The molecule has 8 heteroatoms. The fourth-order valence-electron chi connectivity index (χ4n) is 4.15. The number of rotatable bonds is 7. The predicted molar refractivity (Wildman–Crippen MR) is 114 cm³/mol. The highest BCUT2D eigenvalue weighted by Crippen LogP contribution is 2.31. The molecule has 0 aliphatic carbocycles. The molecule has 31 heavy (non-hydrogen) atoms. The minimum Gasteiger partial charge on any atom is -0.355 e. The molecule has 1 aromatic carbocycles. The number of carbonyl (C=O) groups is 1. The fourth-order valence-corrected chi connectivity index (χ4v) is 4.15. The minimum atomic E-state index is -4.42. The van der Waals surface area contributed by atoms with Crippen molar-refractivity contribution in [1.29, 1.82) is 0 Å². The van der Waals surface area contributed by atoms with Gasteiger partial charge in [0, 0.05) is 24.3 Å². The second-order valence-electron chi connectivity index (χ2n) is 8.56. The van der Waals surface area contributed by atoms with E-state index in [4.69, 9.17) is 0 Å². The summed E-state index contributed by atoms with van der Waals surface area (Å²) >= 11 is 0. The number of nitrogens with zero attached hydrogens (tertiary/aromatic N) is 3. The molecule has 0 radical (unpaired) electrons. The Kier molecular flexibility index (Phi) is 7.41. The van der Waals surface area contributed by atoms with Crippen molar-refractivity contribution in [2.45, 2.75) is 52.6 Å². The van der Waals surface area contributed by atoms with Crippen LogP contribution in [-0.4, -0.2) is 46.8 Å². The maximum atomic E-state index is 13.1. The zero-order chi connectivity index (χ0) is 22.6. The van der Waals surface area contributed by atoms with Crippen LogP contribution < -0.4 is 5.32 Å². The van der Waals surface area contributed by atoms with E-state index in [0.29, 0.717) is 29.5 Å². The normalized spacial score (nSPS) is 16.3. The number of piperidine rings is 1. The molecule has 1 aliphatic rings. The number of amides is 1. The van der Waals surface area contributed by atoms with Crippen LogP contribution in [0.15, 0.2) is 24.3 Å². The van der Waals surface area contributed by atoms with E-state index in [-0.39, 0.29) is 12.3 Å². The zero-order valence-corrected chi connectivity index (χ0v) is 18.4. The molecule has 1 fully saturated rings. The molecule has 1 saturated heterocycles. The first-order valence-electron chi connectivity index (χ1n) is 10.9. The summed E-state index contributed by atoms with van der Waals surface area (Å²) in [5, 5.41) is 7.39. The van der Waals surface area contributed by atoms with Crippen LogP contribution >= 0.6 is 0 Å². The molecule has 2 heterocycles. The topological polar surface area (TPSA) is 50.2 Å². The molecule has 170 valence electrons. The first-order valence-corrected chi connectivity index (χ1v) is 10.9. The Labute approximate surface area is 181 Å². The average Bonchev–Trinajstić information content (AvgIpc) is 3.01. The van der Waals surface area contributed by atoms with Crippen LogP contribution in [0.1, 0.15) is 48.7 Å². The largest absolute Gasteiger partial charge is 0.416 e. The molecule has 1 aromatic heterocycles. The highest BCUT2D eigenvalue weighted by atomic mass is 19.4. The van der Waals surface area contributed by atoms with Crippen molar-refractivity contribution >= 4 is 5.91 Å². The molecule has 0 saturated carbocycles. The number of aromatic nitrogens is 2. The van der Waals surface area contributed by atoms with E-state index in [1.807, 2.05) is 0 Å². The van der Waals surface area contributed by atoms with Crippen LogP contribution in [0.3, 0.4) is 0 Å². The number of benzene rings is 1. The van der Waals surface area contributed by atoms with Gasteiger partial charge >= 0.3 is 6.18 Å². The van der Waals surface area contributed by atoms with E-state index in [0.717, 1.165) is 37.3 Å². The van der Waals surface area contributed by atoms with Crippen LogP contribution in [0.25, 0.3) is 5.69 Å². The average molecular weight is 437 g/mol. The molecule has 5 nitrogen and oxygen atoms in total. The molecule has 3 rings (SSSR count). The predicted octanol–water partition coefficient (Wildman–Crippen LogP) is 4.29. The van der Waals surface area contributed by atoms with Gasteiger partial charge in [-0.1, -0.05) is 19.4 Å². The molecule has 0 spiro atoms. The second kappa shape index (κ2) is 9.85. The van der Waals surface area contributed by atoms with E-state index >= 15 is 0 Å². The molecule has 1 atom stereocenters. The number of likely N-dealkylation sites (tertiary alicyclic amines) is 1. The van der Waals surface area contributed by atoms with Crippen molar-refractivity contribution in [1.82, 2.24) is 20.0 Å². The Bertz CT molecular complexity index is 901. The van der Waals surface area contributed by atoms with Crippen LogP contribution in [0, 0.1) is 19.8 Å². The number of hydrogen-bond donors (Lipinski definition) is 1. The van der Waals surface area contributed by atoms with Crippen molar-refractivity contribution in [3.05, 3.63) is 46.8 Å². The van der Waals surface area contributed by atoms with Crippen LogP contribution in [0.5, 0.6) is 0 Å². The number of aryl methyl sites for hydroxylation is 1. The van der Waals surface area contributed by atoms with E-state index in [9.17, 15) is 18.0 Å². The third kappa shape index (κ3) is 6.09. The van der Waals surface area contributed by atoms with Gasteiger partial charge in [0.15, 0.2) is 0 Å². The fraction of sp³-hybridized carbons (Fsp3) is 0.565. The van der Waals surface area contributed by atoms with Gasteiger partial charge < -0.3 is 10.2 Å². The van der Waals surface area contributed by atoms with Gasteiger partial charge in [0.1, 0.15) is 0 Å². The maximum Gasteiger partial charge on any atom is 0.416 e. The summed E-state index contributed by atoms with van der Waals surface area (Å²) in [6, 6.07) is 5.06.